The fourth-order valence-electron chi connectivity index (χ4n) is 2.49. The standard InChI is InChI=1S/C13H15N3O2/c1-2-14-12-15-11(17)13(16-12)8-18-7-9-5-3-4-6-10(9)13/h3-6H,2,7-8H2,1H3,(H2,14,15,16,17). The van der Waals surface area contributed by atoms with Crippen LogP contribution in [0.5, 0.6) is 0 Å². The first-order chi connectivity index (χ1) is 8.76. The number of guanidine groups is 1. The predicted molar refractivity (Wildman–Crippen MR) is 67.0 cm³/mol. The number of carbonyl (C=O) groups excluding carboxylic acids is 1. The van der Waals surface area contributed by atoms with Crippen molar-refractivity contribution in [3.63, 3.8) is 0 Å². The minimum Gasteiger partial charge on any atom is -0.373 e. The zero-order valence-corrected chi connectivity index (χ0v) is 10.2. The third-order valence-corrected chi connectivity index (χ3v) is 3.32. The van der Waals surface area contributed by atoms with E-state index in [1.54, 1.807) is 0 Å². The highest BCUT2D eigenvalue weighted by molar-refractivity contribution is 6.09. The maximum Gasteiger partial charge on any atom is 0.259 e. The molecule has 94 valence electrons. The minimum absolute atomic E-state index is 0.0955. The fraction of sp³-hybridized carbons (Fsp3) is 0.385. The third-order valence-electron chi connectivity index (χ3n) is 3.32. The lowest BCUT2D eigenvalue weighted by atomic mass is 9.85. The van der Waals surface area contributed by atoms with Crippen molar-refractivity contribution in [3.05, 3.63) is 35.4 Å². The Bertz CT molecular complexity index is 527. The predicted octanol–water partition coefficient (Wildman–Crippen LogP) is 0.507. The van der Waals surface area contributed by atoms with E-state index < -0.39 is 5.54 Å². The summed E-state index contributed by atoms with van der Waals surface area (Å²) in [6, 6.07) is 7.85. The number of hydrogen-bond donors (Lipinski definition) is 2. The van der Waals surface area contributed by atoms with Gasteiger partial charge in [-0.1, -0.05) is 24.3 Å². The zero-order valence-electron chi connectivity index (χ0n) is 10.2. The molecule has 1 aromatic carbocycles. The van der Waals surface area contributed by atoms with Crippen molar-refractivity contribution in [2.45, 2.75) is 19.1 Å². The molecule has 0 bridgehead atoms. The molecule has 3 rings (SSSR count). The molecule has 5 nitrogen and oxygen atoms in total. The molecule has 2 aliphatic rings. The maximum absolute atomic E-state index is 12.3. The molecule has 1 saturated heterocycles. The lowest BCUT2D eigenvalue weighted by Gasteiger charge is -2.32. The van der Waals surface area contributed by atoms with Crippen LogP contribution in [0.4, 0.5) is 0 Å². The second-order valence-corrected chi connectivity index (χ2v) is 4.46. The van der Waals surface area contributed by atoms with Crippen molar-refractivity contribution in [3.8, 4) is 0 Å². The van der Waals surface area contributed by atoms with E-state index in [0.717, 1.165) is 11.1 Å². The summed E-state index contributed by atoms with van der Waals surface area (Å²) >= 11 is 0. The number of rotatable bonds is 1. The quantitative estimate of drug-likeness (QED) is 0.757. The van der Waals surface area contributed by atoms with Gasteiger partial charge in [-0.25, -0.2) is 0 Å². The number of nitrogens with zero attached hydrogens (tertiary/aromatic N) is 1. The monoisotopic (exact) mass is 245 g/mol. The molecule has 0 radical (unpaired) electrons. The van der Waals surface area contributed by atoms with E-state index in [9.17, 15) is 4.79 Å². The maximum atomic E-state index is 12.3. The van der Waals surface area contributed by atoms with Gasteiger partial charge in [-0.05, 0) is 18.1 Å². The second-order valence-electron chi connectivity index (χ2n) is 4.46. The summed E-state index contributed by atoms with van der Waals surface area (Å²) in [5, 5.41) is 5.95. The highest BCUT2D eigenvalue weighted by Crippen LogP contribution is 2.32. The van der Waals surface area contributed by atoms with Gasteiger partial charge in [0.15, 0.2) is 11.5 Å². The molecular formula is C13H15N3O2. The molecule has 18 heavy (non-hydrogen) atoms. The van der Waals surface area contributed by atoms with Crippen LogP contribution in [0.1, 0.15) is 18.1 Å². The number of hydrogen-bond acceptors (Lipinski definition) is 3. The molecule has 1 spiro atoms. The molecule has 2 heterocycles. The van der Waals surface area contributed by atoms with Crippen molar-refractivity contribution >= 4 is 11.9 Å². The largest absolute Gasteiger partial charge is 0.373 e. The Hall–Kier alpha value is -1.88. The number of fused-ring (bicyclic) bond motifs is 2. The average Bonchev–Trinajstić information content (AvgIpc) is 2.68. The van der Waals surface area contributed by atoms with Crippen LogP contribution in [0, 0.1) is 0 Å². The van der Waals surface area contributed by atoms with Crippen LogP contribution in [-0.4, -0.2) is 25.0 Å². The zero-order chi connectivity index (χ0) is 12.6. The summed E-state index contributed by atoms with van der Waals surface area (Å²) in [6.45, 7) is 3.43. The molecule has 5 heteroatoms. The second kappa shape index (κ2) is 4.10. The van der Waals surface area contributed by atoms with Gasteiger partial charge in [0, 0.05) is 6.54 Å². The third kappa shape index (κ3) is 1.51. The smallest absolute Gasteiger partial charge is 0.259 e. The Morgan fingerprint density at radius 2 is 2.28 bits per heavy atom. The molecule has 2 N–H and O–H groups in total. The molecule has 2 aliphatic heterocycles. The number of aliphatic imine (C=N–C) groups is 1. The number of benzene rings is 1. The van der Waals surface area contributed by atoms with Crippen LogP contribution in [0.2, 0.25) is 0 Å². The summed E-state index contributed by atoms with van der Waals surface area (Å²) in [5.41, 5.74) is 1.21. The van der Waals surface area contributed by atoms with Crippen molar-refractivity contribution in [1.29, 1.82) is 0 Å². The molecule has 1 amide bonds. The van der Waals surface area contributed by atoms with Gasteiger partial charge in [-0.2, -0.15) is 0 Å². The van der Waals surface area contributed by atoms with Gasteiger partial charge in [-0.3, -0.25) is 15.1 Å². The summed E-state index contributed by atoms with van der Waals surface area (Å²) in [5.74, 6) is 0.435. The molecule has 1 atom stereocenters. The van der Waals surface area contributed by atoms with Crippen molar-refractivity contribution < 1.29 is 9.53 Å². The minimum atomic E-state index is -0.817. The Balaban J connectivity index is 2.07. The lowest BCUT2D eigenvalue weighted by molar-refractivity contribution is -0.127. The van der Waals surface area contributed by atoms with E-state index in [-0.39, 0.29) is 5.91 Å². The molecule has 0 aliphatic carbocycles. The summed E-state index contributed by atoms with van der Waals surface area (Å²) in [7, 11) is 0. The molecular weight excluding hydrogens is 230 g/mol. The van der Waals surface area contributed by atoms with E-state index in [2.05, 4.69) is 15.6 Å². The number of amides is 1. The van der Waals surface area contributed by atoms with Crippen LogP contribution in [0.25, 0.3) is 0 Å². The van der Waals surface area contributed by atoms with Crippen molar-refractivity contribution in [1.82, 2.24) is 10.6 Å². The van der Waals surface area contributed by atoms with Gasteiger partial charge in [0.05, 0.1) is 13.2 Å². The summed E-state index contributed by atoms with van der Waals surface area (Å²) in [6.07, 6.45) is 0. The van der Waals surface area contributed by atoms with Gasteiger partial charge in [-0.15, -0.1) is 0 Å². The van der Waals surface area contributed by atoms with Crippen molar-refractivity contribution in [2.75, 3.05) is 13.2 Å². The van der Waals surface area contributed by atoms with Gasteiger partial charge < -0.3 is 10.1 Å². The number of ether oxygens (including phenoxy) is 1. The van der Waals surface area contributed by atoms with Crippen LogP contribution in [-0.2, 0) is 21.7 Å². The Labute approximate surface area is 105 Å². The average molecular weight is 245 g/mol. The SMILES string of the molecule is CCN=C1NC(=O)C2(COCc3ccccc32)N1. The topological polar surface area (TPSA) is 62.7 Å². The normalized spacial score (nSPS) is 28.1. The fourth-order valence-corrected chi connectivity index (χ4v) is 2.49. The first-order valence-electron chi connectivity index (χ1n) is 6.06. The van der Waals surface area contributed by atoms with Crippen LogP contribution in [0.15, 0.2) is 29.3 Å². The highest BCUT2D eigenvalue weighted by atomic mass is 16.5. The Morgan fingerprint density at radius 3 is 3.11 bits per heavy atom. The van der Waals surface area contributed by atoms with Crippen molar-refractivity contribution in [2.24, 2.45) is 4.99 Å². The Morgan fingerprint density at radius 1 is 1.44 bits per heavy atom. The van der Waals surface area contributed by atoms with E-state index >= 15 is 0 Å². The molecule has 0 saturated carbocycles. The van der Waals surface area contributed by atoms with Gasteiger partial charge >= 0.3 is 0 Å². The van der Waals surface area contributed by atoms with Crippen LogP contribution < -0.4 is 10.6 Å². The van der Waals surface area contributed by atoms with Gasteiger partial charge in [0.2, 0.25) is 0 Å². The van der Waals surface area contributed by atoms with Gasteiger partial charge in [0.1, 0.15) is 0 Å². The van der Waals surface area contributed by atoms with E-state index in [4.69, 9.17) is 4.74 Å². The molecule has 1 unspecified atom stereocenters. The van der Waals surface area contributed by atoms with E-state index in [1.165, 1.54) is 0 Å². The number of carbonyl (C=O) groups is 1. The first-order valence-corrected chi connectivity index (χ1v) is 6.06. The summed E-state index contributed by atoms with van der Waals surface area (Å²) < 4.78 is 5.55. The van der Waals surface area contributed by atoms with Gasteiger partial charge in [0.25, 0.3) is 5.91 Å². The Kier molecular flexibility index (Phi) is 2.56. The van der Waals surface area contributed by atoms with Crippen LogP contribution >= 0.6 is 0 Å². The molecule has 1 aromatic rings. The lowest BCUT2D eigenvalue weighted by Crippen LogP contribution is -2.50. The van der Waals surface area contributed by atoms with E-state index in [1.807, 2.05) is 31.2 Å². The first kappa shape index (κ1) is 11.2. The van der Waals surface area contributed by atoms with Crippen LogP contribution in [0.3, 0.4) is 0 Å². The highest BCUT2D eigenvalue weighted by Gasteiger charge is 2.49. The summed E-state index contributed by atoms with van der Waals surface area (Å²) in [4.78, 5) is 16.5. The van der Waals surface area contributed by atoms with E-state index in [0.29, 0.717) is 25.7 Å². The molecule has 0 aromatic heterocycles. The number of nitrogens with one attached hydrogen (secondary N) is 2. The molecule has 1 fully saturated rings.